The lowest BCUT2D eigenvalue weighted by Crippen LogP contribution is -3.00. The molecule has 0 amide bonds. The third kappa shape index (κ3) is 1.78. The van der Waals surface area contributed by atoms with Gasteiger partial charge in [0.2, 0.25) is 0 Å². The van der Waals surface area contributed by atoms with Gasteiger partial charge in [-0.15, -0.1) is 0 Å². The van der Waals surface area contributed by atoms with E-state index >= 15 is 0 Å². The van der Waals surface area contributed by atoms with Crippen LogP contribution in [0.2, 0.25) is 5.02 Å². The van der Waals surface area contributed by atoms with Gasteiger partial charge in [-0.25, -0.2) is 4.57 Å². The molecule has 0 saturated carbocycles. The minimum atomic E-state index is 0. The summed E-state index contributed by atoms with van der Waals surface area (Å²) >= 11 is 5.99. The van der Waals surface area contributed by atoms with Crippen LogP contribution in [0.4, 0.5) is 0 Å². The Morgan fingerprint density at radius 1 is 1.12 bits per heavy atom. The lowest BCUT2D eigenvalue weighted by Gasteiger charge is -1.91. The first-order valence-corrected chi connectivity index (χ1v) is 5.18. The second-order valence-electron chi connectivity index (χ2n) is 3.75. The van der Waals surface area contributed by atoms with Crippen LogP contribution in [0.5, 0.6) is 0 Å². The van der Waals surface area contributed by atoms with Crippen LogP contribution in [0, 0.1) is 0 Å². The SMILES string of the molecule is C[n+]1ccc2c(c1)[nH]c1ccc(Cl)cc12.[I-]. The average Bonchev–Trinajstić information content (AvgIpc) is 2.54. The standard InChI is InChI=1S/C12H9ClN2.HI/c1-15-5-4-9-10-6-8(13)2-3-11(10)14-12(9)7-15;/h2-7H,1H3;1H. The molecule has 2 heterocycles. The van der Waals surface area contributed by atoms with E-state index in [-0.39, 0.29) is 24.0 Å². The highest BCUT2D eigenvalue weighted by molar-refractivity contribution is 6.31. The summed E-state index contributed by atoms with van der Waals surface area (Å²) in [4.78, 5) is 3.37. The van der Waals surface area contributed by atoms with Crippen molar-refractivity contribution < 1.29 is 28.5 Å². The monoisotopic (exact) mass is 344 g/mol. The molecule has 0 aliphatic heterocycles. The number of hydrogen-bond donors (Lipinski definition) is 1. The van der Waals surface area contributed by atoms with E-state index in [2.05, 4.69) is 17.2 Å². The first kappa shape index (κ1) is 11.7. The van der Waals surface area contributed by atoms with E-state index in [1.807, 2.05) is 36.0 Å². The molecule has 1 N–H and O–H groups in total. The fraction of sp³-hybridized carbons (Fsp3) is 0.0833. The fourth-order valence-electron chi connectivity index (χ4n) is 1.93. The number of nitrogens with zero attached hydrogens (tertiary/aromatic N) is 1. The number of rotatable bonds is 0. The summed E-state index contributed by atoms with van der Waals surface area (Å²) in [6.45, 7) is 0. The lowest BCUT2D eigenvalue weighted by atomic mass is 10.2. The molecule has 4 heteroatoms. The van der Waals surface area contributed by atoms with Crippen LogP contribution in [0.1, 0.15) is 0 Å². The highest BCUT2D eigenvalue weighted by atomic mass is 127. The smallest absolute Gasteiger partial charge is 0.192 e. The molecule has 0 unspecified atom stereocenters. The van der Waals surface area contributed by atoms with Gasteiger partial charge < -0.3 is 29.0 Å². The largest absolute Gasteiger partial charge is 1.00 e. The number of aromatic nitrogens is 2. The van der Waals surface area contributed by atoms with Crippen molar-refractivity contribution in [2.45, 2.75) is 0 Å². The molecular weight excluding hydrogens is 335 g/mol. The number of aromatic amines is 1. The Morgan fingerprint density at radius 2 is 1.94 bits per heavy atom. The minimum absolute atomic E-state index is 0. The zero-order chi connectivity index (χ0) is 10.4. The number of pyridine rings is 1. The van der Waals surface area contributed by atoms with Crippen molar-refractivity contribution in [1.82, 2.24) is 4.98 Å². The van der Waals surface area contributed by atoms with E-state index in [1.54, 1.807) is 0 Å². The Bertz CT molecular complexity index is 660. The van der Waals surface area contributed by atoms with Gasteiger partial charge in [0.15, 0.2) is 12.4 Å². The third-order valence-corrected chi connectivity index (χ3v) is 2.88. The molecule has 0 bridgehead atoms. The molecule has 0 aliphatic carbocycles. The van der Waals surface area contributed by atoms with Crippen molar-refractivity contribution in [3.8, 4) is 0 Å². The van der Waals surface area contributed by atoms with Gasteiger partial charge in [0.1, 0.15) is 12.6 Å². The highest BCUT2D eigenvalue weighted by Crippen LogP contribution is 2.26. The second-order valence-corrected chi connectivity index (χ2v) is 4.19. The molecule has 0 spiro atoms. The highest BCUT2D eigenvalue weighted by Gasteiger charge is 2.06. The Labute approximate surface area is 115 Å². The number of nitrogens with one attached hydrogen (secondary N) is 1. The van der Waals surface area contributed by atoms with Gasteiger partial charge >= 0.3 is 0 Å². The molecule has 82 valence electrons. The molecule has 3 aromatic rings. The van der Waals surface area contributed by atoms with E-state index in [1.165, 1.54) is 10.8 Å². The van der Waals surface area contributed by atoms with Gasteiger partial charge in [-0.3, -0.25) is 0 Å². The Hall–Kier alpha value is -0.810. The van der Waals surface area contributed by atoms with E-state index < -0.39 is 0 Å². The Balaban J connectivity index is 0.000000963. The van der Waals surface area contributed by atoms with Crippen LogP contribution >= 0.6 is 11.6 Å². The second kappa shape index (κ2) is 4.22. The van der Waals surface area contributed by atoms with Crippen molar-refractivity contribution in [3.63, 3.8) is 0 Å². The first-order chi connectivity index (χ1) is 7.24. The van der Waals surface area contributed by atoms with Crippen molar-refractivity contribution in [2.24, 2.45) is 7.05 Å². The first-order valence-electron chi connectivity index (χ1n) is 4.80. The number of aryl methyl sites for hydroxylation is 1. The number of H-pyrrole nitrogens is 1. The molecule has 2 aromatic heterocycles. The topological polar surface area (TPSA) is 19.7 Å². The maximum atomic E-state index is 5.99. The average molecular weight is 345 g/mol. The minimum Gasteiger partial charge on any atom is -1.00 e. The number of hydrogen-bond acceptors (Lipinski definition) is 0. The summed E-state index contributed by atoms with van der Waals surface area (Å²) in [5.74, 6) is 0. The van der Waals surface area contributed by atoms with Gasteiger partial charge in [-0.05, 0) is 18.2 Å². The molecule has 0 atom stereocenters. The van der Waals surface area contributed by atoms with Crippen LogP contribution in [0.15, 0.2) is 36.7 Å². The Morgan fingerprint density at radius 3 is 2.75 bits per heavy atom. The fourth-order valence-corrected chi connectivity index (χ4v) is 2.10. The van der Waals surface area contributed by atoms with Crippen molar-refractivity contribution >= 4 is 33.4 Å². The van der Waals surface area contributed by atoms with E-state index in [4.69, 9.17) is 11.6 Å². The van der Waals surface area contributed by atoms with Crippen LogP contribution in [-0.4, -0.2) is 4.98 Å². The van der Waals surface area contributed by atoms with Gasteiger partial charge in [0.05, 0.1) is 0 Å². The Kier molecular flexibility index (Phi) is 3.08. The van der Waals surface area contributed by atoms with Gasteiger partial charge in [0, 0.05) is 27.4 Å². The maximum Gasteiger partial charge on any atom is 0.192 e. The molecule has 1 aromatic carbocycles. The van der Waals surface area contributed by atoms with Crippen LogP contribution < -0.4 is 28.5 Å². The molecule has 2 nitrogen and oxygen atoms in total. The molecular formula is C12H10ClIN2. The van der Waals surface area contributed by atoms with E-state index in [0.29, 0.717) is 0 Å². The molecule has 0 saturated heterocycles. The summed E-state index contributed by atoms with van der Waals surface area (Å²) in [7, 11) is 2.01. The van der Waals surface area contributed by atoms with Crippen molar-refractivity contribution in [1.29, 1.82) is 0 Å². The van der Waals surface area contributed by atoms with Crippen molar-refractivity contribution in [2.75, 3.05) is 0 Å². The summed E-state index contributed by atoms with van der Waals surface area (Å²) in [6.07, 6.45) is 4.11. The van der Waals surface area contributed by atoms with Gasteiger partial charge in [-0.2, -0.15) is 0 Å². The normalized spacial score (nSPS) is 10.6. The zero-order valence-electron chi connectivity index (χ0n) is 8.67. The number of fused-ring (bicyclic) bond motifs is 3. The van der Waals surface area contributed by atoms with E-state index in [0.717, 1.165) is 16.1 Å². The number of benzene rings is 1. The van der Waals surface area contributed by atoms with Gasteiger partial charge in [-0.1, -0.05) is 11.6 Å². The summed E-state index contributed by atoms with van der Waals surface area (Å²) < 4.78 is 2.03. The summed E-state index contributed by atoms with van der Waals surface area (Å²) in [5, 5.41) is 3.17. The van der Waals surface area contributed by atoms with Crippen molar-refractivity contribution in [3.05, 3.63) is 41.7 Å². The maximum absolute atomic E-state index is 5.99. The van der Waals surface area contributed by atoms with E-state index in [9.17, 15) is 0 Å². The summed E-state index contributed by atoms with van der Waals surface area (Å²) in [6, 6.07) is 8.01. The van der Waals surface area contributed by atoms with Gasteiger partial charge in [0.25, 0.3) is 0 Å². The summed E-state index contributed by atoms with van der Waals surface area (Å²) in [5.41, 5.74) is 2.26. The zero-order valence-corrected chi connectivity index (χ0v) is 11.6. The number of halogens is 2. The predicted molar refractivity (Wildman–Crippen MR) is 62.0 cm³/mol. The molecule has 0 fully saturated rings. The molecule has 0 radical (unpaired) electrons. The third-order valence-electron chi connectivity index (χ3n) is 2.64. The van der Waals surface area contributed by atoms with Crippen LogP contribution in [0.25, 0.3) is 21.8 Å². The quantitative estimate of drug-likeness (QED) is 0.431. The van der Waals surface area contributed by atoms with Crippen LogP contribution in [0.3, 0.4) is 0 Å². The predicted octanol–water partition coefficient (Wildman–Crippen LogP) is -0.197. The molecule has 16 heavy (non-hydrogen) atoms. The van der Waals surface area contributed by atoms with Crippen LogP contribution in [-0.2, 0) is 7.05 Å². The molecule has 0 aliphatic rings. The molecule has 3 rings (SSSR count). The lowest BCUT2D eigenvalue weighted by molar-refractivity contribution is -0.670.